The van der Waals surface area contributed by atoms with Crippen LogP contribution in [0, 0.1) is 17.6 Å². The molecule has 0 aliphatic heterocycles. The molecule has 0 amide bonds. The third-order valence-corrected chi connectivity index (χ3v) is 4.29. The number of hydrogen-bond donors (Lipinski definition) is 2. The van der Waals surface area contributed by atoms with Gasteiger partial charge < -0.3 is 10.4 Å². The van der Waals surface area contributed by atoms with Crippen LogP contribution in [-0.4, -0.2) is 17.7 Å². The smallest absolute Gasteiger partial charge is 0.131 e. The number of halogens is 2. The zero-order valence-electron chi connectivity index (χ0n) is 11.9. The minimum atomic E-state index is -1.14. The van der Waals surface area contributed by atoms with Crippen LogP contribution in [-0.2, 0) is 0 Å². The van der Waals surface area contributed by atoms with Crippen LogP contribution in [0.3, 0.4) is 0 Å². The molecule has 112 valence electrons. The Bertz CT molecular complexity index is 418. The lowest BCUT2D eigenvalue weighted by atomic mass is 9.84. The summed E-state index contributed by atoms with van der Waals surface area (Å²) in [4.78, 5) is 0. The molecule has 2 rings (SSSR count). The van der Waals surface area contributed by atoms with E-state index in [4.69, 9.17) is 0 Å². The van der Waals surface area contributed by atoms with Gasteiger partial charge in [-0.2, -0.15) is 0 Å². The summed E-state index contributed by atoms with van der Waals surface area (Å²) in [5.74, 6) is -0.646. The molecule has 1 aromatic carbocycles. The molecule has 4 heteroatoms. The van der Waals surface area contributed by atoms with Crippen LogP contribution in [0.2, 0.25) is 0 Å². The van der Waals surface area contributed by atoms with Gasteiger partial charge in [0.05, 0.1) is 11.7 Å². The van der Waals surface area contributed by atoms with E-state index in [1.54, 1.807) is 0 Å². The van der Waals surface area contributed by atoms with Gasteiger partial charge in [0.2, 0.25) is 0 Å². The first-order valence-electron chi connectivity index (χ1n) is 7.47. The van der Waals surface area contributed by atoms with Crippen LogP contribution < -0.4 is 5.32 Å². The normalized spacial score (nSPS) is 24.6. The Morgan fingerprint density at radius 2 is 2.00 bits per heavy atom. The molecule has 3 atom stereocenters. The summed E-state index contributed by atoms with van der Waals surface area (Å²) in [5, 5.41) is 13.2. The molecule has 0 saturated heterocycles. The predicted octanol–water partition coefficient (Wildman–Crippen LogP) is 3.56. The molecule has 1 aromatic rings. The number of aliphatic hydroxyl groups is 1. The summed E-state index contributed by atoms with van der Waals surface area (Å²) >= 11 is 0. The van der Waals surface area contributed by atoms with Crippen LogP contribution in [0.5, 0.6) is 0 Å². The quantitative estimate of drug-likeness (QED) is 0.866. The van der Waals surface area contributed by atoms with Gasteiger partial charge in [-0.15, -0.1) is 0 Å². The van der Waals surface area contributed by atoms with E-state index < -0.39 is 17.7 Å². The zero-order chi connectivity index (χ0) is 14.5. The van der Waals surface area contributed by atoms with Crippen molar-refractivity contribution in [1.29, 1.82) is 0 Å². The van der Waals surface area contributed by atoms with Crippen molar-refractivity contribution in [3.8, 4) is 0 Å². The molecule has 20 heavy (non-hydrogen) atoms. The second-order valence-electron chi connectivity index (χ2n) is 5.70. The van der Waals surface area contributed by atoms with Crippen LogP contribution >= 0.6 is 0 Å². The molecule has 3 unspecified atom stereocenters. The van der Waals surface area contributed by atoms with Crippen molar-refractivity contribution in [3.63, 3.8) is 0 Å². The number of benzene rings is 1. The van der Waals surface area contributed by atoms with Gasteiger partial charge in [0.25, 0.3) is 0 Å². The molecule has 2 nitrogen and oxygen atoms in total. The number of nitrogens with one attached hydrogen (secondary N) is 1. The van der Waals surface area contributed by atoms with E-state index >= 15 is 0 Å². The Labute approximate surface area is 119 Å². The van der Waals surface area contributed by atoms with Crippen molar-refractivity contribution < 1.29 is 13.9 Å². The van der Waals surface area contributed by atoms with E-state index in [9.17, 15) is 13.9 Å². The molecule has 0 radical (unpaired) electrons. The summed E-state index contributed by atoms with van der Waals surface area (Å²) in [6.45, 7) is 2.38. The minimum Gasteiger partial charge on any atom is -0.387 e. The van der Waals surface area contributed by atoms with Crippen LogP contribution in [0.15, 0.2) is 18.2 Å². The molecule has 1 fully saturated rings. The second kappa shape index (κ2) is 7.14. The van der Waals surface area contributed by atoms with Crippen molar-refractivity contribution in [2.75, 3.05) is 6.54 Å². The van der Waals surface area contributed by atoms with E-state index in [0.717, 1.165) is 18.8 Å². The van der Waals surface area contributed by atoms with Crippen molar-refractivity contribution in [3.05, 3.63) is 35.4 Å². The zero-order valence-corrected chi connectivity index (χ0v) is 11.9. The van der Waals surface area contributed by atoms with E-state index in [1.165, 1.54) is 37.5 Å². The molecule has 0 bridgehead atoms. The first-order chi connectivity index (χ1) is 9.61. The molecule has 0 heterocycles. The Balaban J connectivity index is 1.90. The summed E-state index contributed by atoms with van der Waals surface area (Å²) in [5.41, 5.74) is -0.233. The molecule has 1 saturated carbocycles. The van der Waals surface area contributed by atoms with Gasteiger partial charge >= 0.3 is 0 Å². The first kappa shape index (κ1) is 15.4. The number of rotatable bonds is 5. The average molecular weight is 283 g/mol. The largest absolute Gasteiger partial charge is 0.387 e. The lowest BCUT2D eigenvalue weighted by Gasteiger charge is -2.30. The van der Waals surface area contributed by atoms with E-state index in [0.29, 0.717) is 6.04 Å². The van der Waals surface area contributed by atoms with Crippen LogP contribution in [0.4, 0.5) is 8.78 Å². The van der Waals surface area contributed by atoms with Gasteiger partial charge in [0.15, 0.2) is 0 Å². The molecule has 0 aromatic heterocycles. The number of aliphatic hydroxyl groups excluding tert-OH is 1. The van der Waals surface area contributed by atoms with Crippen molar-refractivity contribution in [1.82, 2.24) is 5.32 Å². The molecule has 1 aliphatic rings. The fourth-order valence-corrected chi connectivity index (χ4v) is 3.06. The lowest BCUT2D eigenvalue weighted by Crippen LogP contribution is -2.36. The predicted molar refractivity (Wildman–Crippen MR) is 75.4 cm³/mol. The standard InChI is InChI=1S/C16H23F2NO/c1-2-11-5-3-6-12(9-11)19-10-15(20)16-13(17)7-4-8-14(16)18/h4,7-8,11-12,15,19-20H,2-3,5-6,9-10H2,1H3. The maximum Gasteiger partial charge on any atom is 0.131 e. The van der Waals surface area contributed by atoms with Crippen molar-refractivity contribution >= 4 is 0 Å². The highest BCUT2D eigenvalue weighted by molar-refractivity contribution is 5.22. The van der Waals surface area contributed by atoms with Gasteiger partial charge in [0, 0.05) is 12.6 Å². The molecule has 2 N–H and O–H groups in total. The van der Waals surface area contributed by atoms with E-state index in [1.807, 2.05) is 0 Å². The van der Waals surface area contributed by atoms with Crippen molar-refractivity contribution in [2.24, 2.45) is 5.92 Å². The van der Waals surface area contributed by atoms with Crippen molar-refractivity contribution in [2.45, 2.75) is 51.2 Å². The average Bonchev–Trinajstić information content (AvgIpc) is 2.45. The van der Waals surface area contributed by atoms with E-state index in [2.05, 4.69) is 12.2 Å². The number of hydrogen-bond acceptors (Lipinski definition) is 2. The lowest BCUT2D eigenvalue weighted by molar-refractivity contribution is 0.152. The van der Waals surface area contributed by atoms with Gasteiger partial charge in [-0.1, -0.05) is 32.3 Å². The summed E-state index contributed by atoms with van der Waals surface area (Å²) in [7, 11) is 0. The molecular formula is C16H23F2NO. The highest BCUT2D eigenvalue weighted by Gasteiger charge is 2.23. The van der Waals surface area contributed by atoms with Gasteiger partial charge in [0.1, 0.15) is 11.6 Å². The highest BCUT2D eigenvalue weighted by atomic mass is 19.1. The maximum absolute atomic E-state index is 13.6. The summed E-state index contributed by atoms with van der Waals surface area (Å²) in [6.07, 6.45) is 4.63. The Morgan fingerprint density at radius 1 is 1.30 bits per heavy atom. The fraction of sp³-hybridized carbons (Fsp3) is 0.625. The van der Waals surface area contributed by atoms with Crippen LogP contribution in [0.25, 0.3) is 0 Å². The Kier molecular flexibility index (Phi) is 5.49. The summed E-state index contributed by atoms with van der Waals surface area (Å²) < 4.78 is 27.1. The Hall–Kier alpha value is -1.00. The third kappa shape index (κ3) is 3.76. The van der Waals surface area contributed by atoms with E-state index in [-0.39, 0.29) is 12.1 Å². The monoisotopic (exact) mass is 283 g/mol. The molecule has 1 aliphatic carbocycles. The van der Waals surface area contributed by atoms with Gasteiger partial charge in [-0.25, -0.2) is 8.78 Å². The molecule has 0 spiro atoms. The van der Waals surface area contributed by atoms with Crippen LogP contribution in [0.1, 0.15) is 50.7 Å². The van der Waals surface area contributed by atoms with Gasteiger partial charge in [-0.3, -0.25) is 0 Å². The SMILES string of the molecule is CCC1CCCC(NCC(O)c2c(F)cccc2F)C1. The molecular weight excluding hydrogens is 260 g/mol. The Morgan fingerprint density at radius 3 is 2.65 bits per heavy atom. The summed E-state index contributed by atoms with van der Waals surface area (Å²) in [6, 6.07) is 4.00. The highest BCUT2D eigenvalue weighted by Crippen LogP contribution is 2.27. The third-order valence-electron chi connectivity index (χ3n) is 4.29. The maximum atomic E-state index is 13.6. The minimum absolute atomic E-state index is 0.193. The fourth-order valence-electron chi connectivity index (χ4n) is 3.06. The van der Waals surface area contributed by atoms with Gasteiger partial charge in [-0.05, 0) is 30.9 Å². The topological polar surface area (TPSA) is 32.3 Å². The second-order valence-corrected chi connectivity index (χ2v) is 5.70. The first-order valence-corrected chi connectivity index (χ1v) is 7.47.